The number of aryl methyl sites for hydroxylation is 2. The van der Waals surface area contributed by atoms with Gasteiger partial charge in [0, 0.05) is 12.2 Å². The van der Waals surface area contributed by atoms with Crippen LogP contribution >= 0.6 is 0 Å². The number of hydrogen-bond donors (Lipinski definition) is 0. The summed E-state index contributed by atoms with van der Waals surface area (Å²) in [6.45, 7) is 9.73. The average Bonchev–Trinajstić information content (AvgIpc) is 3.22. The standard InChI is InChI=1S/C17H26N6O/c1-12(2)16(23-11-18-10-19-23)17(24)21-7-5-6-15(21)9-22-14(4)8-13(3)20-22/h8,10-12,15-16H,5-7,9H2,1-4H3/t15-,16+/m0/s1. The van der Waals surface area contributed by atoms with Gasteiger partial charge < -0.3 is 4.90 Å². The fourth-order valence-corrected chi connectivity index (χ4v) is 3.61. The third-order valence-corrected chi connectivity index (χ3v) is 4.75. The van der Waals surface area contributed by atoms with Crippen molar-refractivity contribution in [3.63, 3.8) is 0 Å². The average molecular weight is 330 g/mol. The first-order valence-electron chi connectivity index (χ1n) is 8.63. The molecule has 0 saturated carbocycles. The minimum absolute atomic E-state index is 0.138. The number of carbonyl (C=O) groups excluding carboxylic acids is 1. The lowest BCUT2D eigenvalue weighted by atomic mass is 10.0. The van der Waals surface area contributed by atoms with E-state index >= 15 is 0 Å². The molecule has 1 aliphatic heterocycles. The number of carbonyl (C=O) groups is 1. The van der Waals surface area contributed by atoms with Crippen LogP contribution in [-0.4, -0.2) is 47.9 Å². The van der Waals surface area contributed by atoms with Gasteiger partial charge in [-0.2, -0.15) is 10.2 Å². The highest BCUT2D eigenvalue weighted by Crippen LogP contribution is 2.26. The topological polar surface area (TPSA) is 68.8 Å². The fourth-order valence-electron chi connectivity index (χ4n) is 3.61. The van der Waals surface area contributed by atoms with E-state index in [9.17, 15) is 4.79 Å². The highest BCUT2D eigenvalue weighted by molar-refractivity contribution is 5.81. The molecule has 0 unspecified atom stereocenters. The van der Waals surface area contributed by atoms with Crippen LogP contribution < -0.4 is 0 Å². The highest BCUT2D eigenvalue weighted by Gasteiger charge is 2.36. The minimum atomic E-state index is -0.298. The zero-order valence-electron chi connectivity index (χ0n) is 14.9. The summed E-state index contributed by atoms with van der Waals surface area (Å²) in [6, 6.07) is 1.97. The normalized spacial score (nSPS) is 19.2. The summed E-state index contributed by atoms with van der Waals surface area (Å²) < 4.78 is 3.71. The minimum Gasteiger partial charge on any atom is -0.336 e. The Hall–Kier alpha value is -2.18. The van der Waals surface area contributed by atoms with Gasteiger partial charge in [0.15, 0.2) is 0 Å². The van der Waals surface area contributed by atoms with Crippen molar-refractivity contribution in [1.29, 1.82) is 0 Å². The molecular formula is C17H26N6O. The van der Waals surface area contributed by atoms with Crippen molar-refractivity contribution < 1.29 is 4.79 Å². The maximum atomic E-state index is 13.2. The number of likely N-dealkylation sites (tertiary alicyclic amines) is 1. The third kappa shape index (κ3) is 3.20. The number of hydrogen-bond acceptors (Lipinski definition) is 4. The lowest BCUT2D eigenvalue weighted by molar-refractivity contribution is -0.137. The molecule has 2 atom stereocenters. The van der Waals surface area contributed by atoms with Crippen LogP contribution in [0.2, 0.25) is 0 Å². The molecular weight excluding hydrogens is 304 g/mol. The van der Waals surface area contributed by atoms with Gasteiger partial charge in [-0.15, -0.1) is 0 Å². The van der Waals surface area contributed by atoms with Crippen LogP contribution in [0.1, 0.15) is 44.1 Å². The predicted octanol–water partition coefficient (Wildman–Crippen LogP) is 1.98. The SMILES string of the molecule is Cc1cc(C)n(C[C@@H]2CCCN2C(=O)[C@@H](C(C)C)n2cncn2)n1. The Balaban J connectivity index is 1.79. The molecule has 7 heteroatoms. The zero-order chi connectivity index (χ0) is 17.3. The van der Waals surface area contributed by atoms with E-state index in [1.54, 1.807) is 11.0 Å². The third-order valence-electron chi connectivity index (χ3n) is 4.75. The van der Waals surface area contributed by atoms with E-state index in [1.807, 2.05) is 16.5 Å². The van der Waals surface area contributed by atoms with Crippen LogP contribution in [0, 0.1) is 19.8 Å². The molecule has 3 rings (SSSR count). The molecule has 1 saturated heterocycles. The molecule has 0 bridgehead atoms. The molecule has 7 nitrogen and oxygen atoms in total. The summed E-state index contributed by atoms with van der Waals surface area (Å²) in [7, 11) is 0. The van der Waals surface area contributed by atoms with Crippen molar-refractivity contribution in [3.8, 4) is 0 Å². The molecule has 0 radical (unpaired) electrons. The van der Waals surface area contributed by atoms with Crippen LogP contribution in [0.15, 0.2) is 18.7 Å². The fraction of sp³-hybridized carbons (Fsp3) is 0.647. The quantitative estimate of drug-likeness (QED) is 0.840. The van der Waals surface area contributed by atoms with Gasteiger partial charge in [0.2, 0.25) is 5.91 Å². The monoisotopic (exact) mass is 330 g/mol. The maximum Gasteiger partial charge on any atom is 0.248 e. The van der Waals surface area contributed by atoms with Crippen LogP contribution in [0.5, 0.6) is 0 Å². The van der Waals surface area contributed by atoms with Crippen LogP contribution in [-0.2, 0) is 11.3 Å². The largest absolute Gasteiger partial charge is 0.336 e. The van der Waals surface area contributed by atoms with Gasteiger partial charge in [0.05, 0.1) is 18.3 Å². The van der Waals surface area contributed by atoms with Crippen LogP contribution in [0.25, 0.3) is 0 Å². The number of amides is 1. The number of rotatable bonds is 5. The summed E-state index contributed by atoms with van der Waals surface area (Å²) >= 11 is 0. The van der Waals surface area contributed by atoms with Crippen molar-refractivity contribution in [2.24, 2.45) is 5.92 Å². The van der Waals surface area contributed by atoms with E-state index in [4.69, 9.17) is 0 Å². The molecule has 130 valence electrons. The van der Waals surface area contributed by atoms with Gasteiger partial charge >= 0.3 is 0 Å². The van der Waals surface area contributed by atoms with E-state index in [-0.39, 0.29) is 23.9 Å². The second-order valence-electron chi connectivity index (χ2n) is 7.00. The summed E-state index contributed by atoms with van der Waals surface area (Å²) in [5, 5.41) is 8.75. The molecule has 1 amide bonds. The van der Waals surface area contributed by atoms with E-state index in [2.05, 4.69) is 42.0 Å². The second kappa shape index (κ2) is 6.75. The van der Waals surface area contributed by atoms with E-state index in [0.717, 1.165) is 37.3 Å². The second-order valence-corrected chi connectivity index (χ2v) is 7.00. The van der Waals surface area contributed by atoms with Crippen molar-refractivity contribution in [3.05, 3.63) is 30.1 Å². The van der Waals surface area contributed by atoms with Crippen LogP contribution in [0.3, 0.4) is 0 Å². The molecule has 24 heavy (non-hydrogen) atoms. The Morgan fingerprint density at radius 2 is 2.17 bits per heavy atom. The highest BCUT2D eigenvalue weighted by atomic mass is 16.2. The van der Waals surface area contributed by atoms with E-state index in [1.165, 1.54) is 6.33 Å². The van der Waals surface area contributed by atoms with E-state index < -0.39 is 0 Å². The van der Waals surface area contributed by atoms with Crippen molar-refractivity contribution in [2.45, 2.75) is 59.2 Å². The lowest BCUT2D eigenvalue weighted by Gasteiger charge is -2.30. The summed E-state index contributed by atoms with van der Waals surface area (Å²) in [6.07, 6.45) is 5.18. The first-order chi connectivity index (χ1) is 11.5. The van der Waals surface area contributed by atoms with Gasteiger partial charge in [0.25, 0.3) is 0 Å². The van der Waals surface area contributed by atoms with Crippen molar-refractivity contribution >= 4 is 5.91 Å². The van der Waals surface area contributed by atoms with Gasteiger partial charge in [0.1, 0.15) is 18.7 Å². The molecule has 3 heterocycles. The molecule has 0 N–H and O–H groups in total. The van der Waals surface area contributed by atoms with Crippen molar-refractivity contribution in [1.82, 2.24) is 29.4 Å². The summed E-state index contributed by atoms with van der Waals surface area (Å²) in [5.74, 6) is 0.300. The van der Waals surface area contributed by atoms with E-state index in [0.29, 0.717) is 0 Å². The predicted molar refractivity (Wildman–Crippen MR) is 90.3 cm³/mol. The molecule has 2 aromatic heterocycles. The molecule has 1 aliphatic rings. The molecule has 0 aromatic carbocycles. The van der Waals surface area contributed by atoms with Gasteiger partial charge in [-0.3, -0.25) is 9.48 Å². The molecule has 0 spiro atoms. The smallest absolute Gasteiger partial charge is 0.248 e. The van der Waals surface area contributed by atoms with Crippen molar-refractivity contribution in [2.75, 3.05) is 6.54 Å². The molecule has 2 aromatic rings. The Labute approximate surface area is 142 Å². The summed E-state index contributed by atoms with van der Waals surface area (Å²) in [4.78, 5) is 19.2. The van der Waals surface area contributed by atoms with Crippen LogP contribution in [0.4, 0.5) is 0 Å². The number of nitrogens with zero attached hydrogens (tertiary/aromatic N) is 6. The lowest BCUT2D eigenvalue weighted by Crippen LogP contribution is -2.44. The van der Waals surface area contributed by atoms with Gasteiger partial charge in [-0.25, -0.2) is 9.67 Å². The first-order valence-corrected chi connectivity index (χ1v) is 8.63. The van der Waals surface area contributed by atoms with Gasteiger partial charge in [-0.05, 0) is 38.7 Å². The Morgan fingerprint density at radius 1 is 1.38 bits per heavy atom. The Kier molecular flexibility index (Phi) is 4.69. The Bertz CT molecular complexity index is 690. The maximum absolute atomic E-state index is 13.2. The summed E-state index contributed by atoms with van der Waals surface area (Å²) in [5.41, 5.74) is 2.16. The zero-order valence-corrected chi connectivity index (χ0v) is 14.9. The number of aromatic nitrogens is 5. The van der Waals surface area contributed by atoms with Gasteiger partial charge in [-0.1, -0.05) is 13.8 Å². The molecule has 1 fully saturated rings. The molecule has 0 aliphatic carbocycles. The Morgan fingerprint density at radius 3 is 2.75 bits per heavy atom. The first kappa shape index (κ1) is 16.7.